The summed E-state index contributed by atoms with van der Waals surface area (Å²) in [6, 6.07) is 0. The standard InChI is InChI=1S/C16H19NO7/c1-4-7-14(20)22-10-16(9-17-12-18,24-13(19)6-3)11-23-15(21)8-5-2/h4-8H,3,9-11H2,1-2H3. The van der Waals surface area contributed by atoms with E-state index in [4.69, 9.17) is 14.2 Å². The number of aliphatic imine (C=N–C) groups is 1. The number of carbonyl (C=O) groups excluding carboxylic acids is 4. The van der Waals surface area contributed by atoms with Crippen LogP contribution in [-0.4, -0.2) is 49.3 Å². The zero-order valence-corrected chi connectivity index (χ0v) is 13.5. The summed E-state index contributed by atoms with van der Waals surface area (Å²) in [6.45, 7) is 5.10. The van der Waals surface area contributed by atoms with Gasteiger partial charge in [0.15, 0.2) is 0 Å². The molecule has 0 unspecified atom stereocenters. The lowest BCUT2D eigenvalue weighted by molar-refractivity contribution is -0.176. The predicted molar refractivity (Wildman–Crippen MR) is 83.6 cm³/mol. The molecule has 0 heterocycles. The van der Waals surface area contributed by atoms with Gasteiger partial charge in [-0.25, -0.2) is 24.2 Å². The van der Waals surface area contributed by atoms with E-state index in [-0.39, 0.29) is 0 Å². The molecule has 8 heteroatoms. The van der Waals surface area contributed by atoms with Gasteiger partial charge >= 0.3 is 17.9 Å². The minimum Gasteiger partial charge on any atom is -0.458 e. The first-order chi connectivity index (χ1) is 11.4. The number of hydrogen-bond acceptors (Lipinski definition) is 8. The van der Waals surface area contributed by atoms with Crippen molar-refractivity contribution in [1.29, 1.82) is 0 Å². The Labute approximate surface area is 139 Å². The van der Waals surface area contributed by atoms with Crippen molar-refractivity contribution in [3.8, 4) is 0 Å². The molecule has 0 saturated carbocycles. The van der Waals surface area contributed by atoms with Crippen LogP contribution in [0.25, 0.3) is 0 Å². The van der Waals surface area contributed by atoms with Gasteiger partial charge in [0.25, 0.3) is 0 Å². The maximum absolute atomic E-state index is 11.5. The summed E-state index contributed by atoms with van der Waals surface area (Å²) >= 11 is 0. The molecule has 0 spiro atoms. The molecule has 0 aliphatic carbocycles. The highest BCUT2D eigenvalue weighted by molar-refractivity contribution is 5.83. The topological polar surface area (TPSA) is 108 Å². The summed E-state index contributed by atoms with van der Waals surface area (Å²) in [5.74, 6) is -2.27. The van der Waals surface area contributed by atoms with Gasteiger partial charge in [-0.1, -0.05) is 18.7 Å². The molecular weight excluding hydrogens is 318 g/mol. The van der Waals surface area contributed by atoms with Gasteiger partial charge in [0.1, 0.15) is 13.2 Å². The lowest BCUT2D eigenvalue weighted by Gasteiger charge is -2.29. The van der Waals surface area contributed by atoms with Crippen molar-refractivity contribution in [2.45, 2.75) is 19.4 Å². The first kappa shape index (κ1) is 21.0. The summed E-state index contributed by atoms with van der Waals surface area (Å²) in [4.78, 5) is 48.2. The predicted octanol–water partition coefficient (Wildman–Crippen LogP) is 1.03. The quantitative estimate of drug-likeness (QED) is 0.192. The highest BCUT2D eigenvalue weighted by Crippen LogP contribution is 2.16. The summed E-state index contributed by atoms with van der Waals surface area (Å²) in [7, 11) is 0. The Morgan fingerprint density at radius 2 is 1.54 bits per heavy atom. The molecule has 0 N–H and O–H groups in total. The Bertz CT molecular complexity index is 543. The van der Waals surface area contributed by atoms with E-state index >= 15 is 0 Å². The highest BCUT2D eigenvalue weighted by Gasteiger charge is 2.37. The Morgan fingerprint density at radius 3 is 1.92 bits per heavy atom. The molecule has 0 fully saturated rings. The Morgan fingerprint density at radius 1 is 1.04 bits per heavy atom. The summed E-state index contributed by atoms with van der Waals surface area (Å²) in [5, 5.41) is 0. The van der Waals surface area contributed by atoms with Crippen LogP contribution in [0.3, 0.4) is 0 Å². The van der Waals surface area contributed by atoms with Gasteiger partial charge in [0.2, 0.25) is 11.7 Å². The van der Waals surface area contributed by atoms with Crippen LogP contribution in [-0.2, 0) is 33.4 Å². The molecule has 0 bridgehead atoms. The molecule has 0 radical (unpaired) electrons. The molecular formula is C16H19NO7. The Balaban J connectivity index is 5.35. The van der Waals surface area contributed by atoms with Crippen molar-refractivity contribution >= 4 is 24.0 Å². The molecule has 130 valence electrons. The minimum absolute atomic E-state index is 0.414. The van der Waals surface area contributed by atoms with Crippen LogP contribution in [0.4, 0.5) is 0 Å². The number of isocyanates is 1. The molecule has 0 rings (SSSR count). The fourth-order valence-corrected chi connectivity index (χ4v) is 1.43. The maximum atomic E-state index is 11.5. The highest BCUT2D eigenvalue weighted by atomic mass is 16.6. The second-order valence-electron chi connectivity index (χ2n) is 4.43. The molecule has 0 saturated heterocycles. The van der Waals surface area contributed by atoms with Gasteiger partial charge < -0.3 is 14.2 Å². The van der Waals surface area contributed by atoms with Crippen LogP contribution in [0.5, 0.6) is 0 Å². The van der Waals surface area contributed by atoms with Gasteiger partial charge in [-0.2, -0.15) is 0 Å². The molecule has 24 heavy (non-hydrogen) atoms. The van der Waals surface area contributed by atoms with Crippen molar-refractivity contribution in [1.82, 2.24) is 0 Å². The normalized spacial score (nSPS) is 12.9. The number of carbonyl (C=O) groups is 3. The van der Waals surface area contributed by atoms with E-state index in [1.54, 1.807) is 13.8 Å². The van der Waals surface area contributed by atoms with Gasteiger partial charge in [-0.05, 0) is 13.8 Å². The van der Waals surface area contributed by atoms with Crippen molar-refractivity contribution in [2.24, 2.45) is 4.99 Å². The monoisotopic (exact) mass is 337 g/mol. The van der Waals surface area contributed by atoms with Crippen LogP contribution in [0, 0.1) is 0 Å². The fraction of sp³-hybridized carbons (Fsp3) is 0.375. The minimum atomic E-state index is -1.67. The van der Waals surface area contributed by atoms with Gasteiger partial charge in [0.05, 0.1) is 6.54 Å². The zero-order chi connectivity index (χ0) is 18.4. The molecule has 0 amide bonds. The third kappa shape index (κ3) is 8.45. The third-order valence-electron chi connectivity index (χ3n) is 2.48. The first-order valence-corrected chi connectivity index (χ1v) is 6.91. The third-order valence-corrected chi connectivity index (χ3v) is 2.48. The molecule has 0 atom stereocenters. The van der Waals surface area contributed by atoms with E-state index in [0.29, 0.717) is 0 Å². The summed E-state index contributed by atoms with van der Waals surface area (Å²) < 4.78 is 15.0. The van der Waals surface area contributed by atoms with Crippen LogP contribution < -0.4 is 0 Å². The van der Waals surface area contributed by atoms with Gasteiger partial charge in [0, 0.05) is 18.2 Å². The van der Waals surface area contributed by atoms with E-state index in [1.807, 2.05) is 0 Å². The summed E-state index contributed by atoms with van der Waals surface area (Å²) in [5.41, 5.74) is -1.67. The molecule has 8 nitrogen and oxygen atoms in total. The molecule has 0 aromatic heterocycles. The average Bonchev–Trinajstić information content (AvgIpc) is 2.56. The van der Waals surface area contributed by atoms with Crippen LogP contribution >= 0.6 is 0 Å². The van der Waals surface area contributed by atoms with Crippen LogP contribution in [0.2, 0.25) is 0 Å². The SMILES string of the molecule is C=CC(=O)OC(CN=C=O)(COC(=O)C=CC)COC(=O)C=CC. The average molecular weight is 337 g/mol. The van der Waals surface area contributed by atoms with Crippen LogP contribution in [0.15, 0.2) is 42.0 Å². The lowest BCUT2D eigenvalue weighted by Crippen LogP contribution is -2.48. The number of hydrogen-bond donors (Lipinski definition) is 0. The van der Waals surface area contributed by atoms with E-state index in [2.05, 4.69) is 11.6 Å². The Hall–Kier alpha value is -2.99. The van der Waals surface area contributed by atoms with E-state index < -0.39 is 43.3 Å². The smallest absolute Gasteiger partial charge is 0.331 e. The zero-order valence-electron chi connectivity index (χ0n) is 13.5. The van der Waals surface area contributed by atoms with Crippen molar-refractivity contribution < 1.29 is 33.4 Å². The number of allylic oxidation sites excluding steroid dienone is 2. The van der Waals surface area contributed by atoms with Gasteiger partial charge in [-0.3, -0.25) is 0 Å². The van der Waals surface area contributed by atoms with Gasteiger partial charge in [-0.15, -0.1) is 0 Å². The van der Waals surface area contributed by atoms with E-state index in [0.717, 1.165) is 18.2 Å². The molecule has 0 aliphatic rings. The Kier molecular flexibility index (Phi) is 10.1. The van der Waals surface area contributed by atoms with E-state index in [1.165, 1.54) is 18.2 Å². The second kappa shape index (κ2) is 11.6. The summed E-state index contributed by atoms with van der Waals surface area (Å²) in [6.07, 6.45) is 7.37. The number of esters is 3. The lowest BCUT2D eigenvalue weighted by atomic mass is 10.1. The van der Waals surface area contributed by atoms with Crippen molar-refractivity contribution in [3.05, 3.63) is 37.0 Å². The van der Waals surface area contributed by atoms with Crippen molar-refractivity contribution in [3.63, 3.8) is 0 Å². The second-order valence-corrected chi connectivity index (χ2v) is 4.43. The first-order valence-electron chi connectivity index (χ1n) is 6.91. The van der Waals surface area contributed by atoms with Crippen LogP contribution in [0.1, 0.15) is 13.8 Å². The van der Waals surface area contributed by atoms with Crippen molar-refractivity contribution in [2.75, 3.05) is 19.8 Å². The molecule has 0 aromatic carbocycles. The number of ether oxygens (including phenoxy) is 3. The molecule has 0 aliphatic heterocycles. The number of nitrogens with zero attached hydrogens (tertiary/aromatic N) is 1. The molecule has 0 aromatic rings. The largest absolute Gasteiger partial charge is 0.458 e. The van der Waals surface area contributed by atoms with E-state index in [9.17, 15) is 19.2 Å². The fourth-order valence-electron chi connectivity index (χ4n) is 1.43. The number of rotatable bonds is 10. The maximum Gasteiger partial charge on any atom is 0.331 e.